The maximum absolute atomic E-state index is 11.2. The Morgan fingerprint density at radius 2 is 1.96 bits per heavy atom. The molecule has 0 spiro atoms. The van der Waals surface area contributed by atoms with Crippen molar-refractivity contribution in [1.29, 1.82) is 0 Å². The number of nitro groups is 1. The van der Waals surface area contributed by atoms with E-state index in [9.17, 15) is 10.1 Å². The fourth-order valence-corrected chi connectivity index (χ4v) is 2.78. The Bertz CT molecular complexity index is 1050. The monoisotopic (exact) mass is 349 g/mol. The van der Waals surface area contributed by atoms with Crippen LogP contribution in [0.4, 0.5) is 5.82 Å². The molecule has 0 atom stereocenters. The minimum atomic E-state index is -0.503. The standard InChI is InChI=1S/C18H15N5O3/c1-26-13-8-6-12(7-9-13)11-22-16(10-17(21-22)23(24)25)18-19-14-4-2-3-5-15(14)20-18/h2-10H,11H2,1H3,(H,19,20). The first-order chi connectivity index (χ1) is 12.6. The molecule has 0 unspecified atom stereocenters. The number of fused-ring (bicyclic) bond motifs is 1. The van der Waals surface area contributed by atoms with E-state index in [4.69, 9.17) is 4.74 Å². The van der Waals surface area contributed by atoms with Crippen LogP contribution >= 0.6 is 0 Å². The van der Waals surface area contributed by atoms with Crippen LogP contribution in [0.2, 0.25) is 0 Å². The zero-order chi connectivity index (χ0) is 18.1. The number of rotatable bonds is 5. The molecule has 2 aromatic carbocycles. The predicted molar refractivity (Wildman–Crippen MR) is 96.1 cm³/mol. The lowest BCUT2D eigenvalue weighted by molar-refractivity contribution is -0.389. The Hall–Kier alpha value is -3.68. The number of ether oxygens (including phenoxy) is 1. The van der Waals surface area contributed by atoms with Gasteiger partial charge >= 0.3 is 5.82 Å². The van der Waals surface area contributed by atoms with Crippen molar-refractivity contribution in [2.24, 2.45) is 0 Å². The summed E-state index contributed by atoms with van der Waals surface area (Å²) in [7, 11) is 1.60. The van der Waals surface area contributed by atoms with E-state index in [1.54, 1.807) is 11.8 Å². The lowest BCUT2D eigenvalue weighted by Crippen LogP contribution is -2.05. The van der Waals surface area contributed by atoms with Crippen molar-refractivity contribution in [3.05, 3.63) is 70.3 Å². The highest BCUT2D eigenvalue weighted by Crippen LogP contribution is 2.25. The Balaban J connectivity index is 1.76. The van der Waals surface area contributed by atoms with Crippen molar-refractivity contribution in [3.63, 3.8) is 0 Å². The molecule has 0 saturated heterocycles. The van der Waals surface area contributed by atoms with Crippen LogP contribution in [0, 0.1) is 10.1 Å². The van der Waals surface area contributed by atoms with Gasteiger partial charge in [-0.15, -0.1) is 0 Å². The summed E-state index contributed by atoms with van der Waals surface area (Å²) in [6.45, 7) is 0.379. The topological polar surface area (TPSA) is 98.9 Å². The molecule has 1 N–H and O–H groups in total. The highest BCUT2D eigenvalue weighted by molar-refractivity contribution is 5.78. The zero-order valence-corrected chi connectivity index (χ0v) is 13.9. The number of methoxy groups -OCH3 is 1. The molecule has 8 nitrogen and oxygen atoms in total. The average molecular weight is 349 g/mol. The maximum Gasteiger partial charge on any atom is 0.390 e. The van der Waals surface area contributed by atoms with Gasteiger partial charge in [0.05, 0.1) is 35.9 Å². The van der Waals surface area contributed by atoms with Crippen LogP contribution in [-0.2, 0) is 6.54 Å². The molecular formula is C18H15N5O3. The Labute approximate surface area is 148 Å². The third-order valence-electron chi connectivity index (χ3n) is 4.08. The third kappa shape index (κ3) is 2.88. The SMILES string of the molecule is COc1ccc(Cn2nc([N+](=O)[O-])cc2-c2nc3ccccc3[nH]2)cc1. The van der Waals surface area contributed by atoms with E-state index >= 15 is 0 Å². The Morgan fingerprint density at radius 1 is 1.19 bits per heavy atom. The van der Waals surface area contributed by atoms with E-state index in [1.165, 1.54) is 6.07 Å². The number of benzene rings is 2. The molecular weight excluding hydrogens is 334 g/mol. The van der Waals surface area contributed by atoms with Crippen LogP contribution in [-0.4, -0.2) is 31.8 Å². The van der Waals surface area contributed by atoms with Crippen molar-refractivity contribution in [2.75, 3.05) is 7.11 Å². The summed E-state index contributed by atoms with van der Waals surface area (Å²) in [5.41, 5.74) is 3.16. The van der Waals surface area contributed by atoms with Gasteiger partial charge in [0.1, 0.15) is 11.4 Å². The Kier molecular flexibility index (Phi) is 3.85. The van der Waals surface area contributed by atoms with Gasteiger partial charge in [0, 0.05) is 0 Å². The molecule has 8 heteroatoms. The van der Waals surface area contributed by atoms with Gasteiger partial charge < -0.3 is 19.8 Å². The summed E-state index contributed by atoms with van der Waals surface area (Å²) in [5.74, 6) is 1.08. The number of aromatic nitrogens is 4. The van der Waals surface area contributed by atoms with Gasteiger partial charge in [-0.3, -0.25) is 0 Å². The summed E-state index contributed by atoms with van der Waals surface area (Å²) in [6.07, 6.45) is 0. The summed E-state index contributed by atoms with van der Waals surface area (Å²) in [4.78, 5) is 18.4. The molecule has 130 valence electrons. The molecule has 0 bridgehead atoms. The molecule has 0 saturated carbocycles. The van der Waals surface area contributed by atoms with Crippen LogP contribution in [0.5, 0.6) is 5.75 Å². The number of hydrogen-bond acceptors (Lipinski definition) is 5. The zero-order valence-electron chi connectivity index (χ0n) is 13.9. The first kappa shape index (κ1) is 15.8. The van der Waals surface area contributed by atoms with Gasteiger partial charge in [0.15, 0.2) is 5.82 Å². The third-order valence-corrected chi connectivity index (χ3v) is 4.08. The summed E-state index contributed by atoms with van der Waals surface area (Å²) >= 11 is 0. The average Bonchev–Trinajstić information content (AvgIpc) is 3.26. The van der Waals surface area contributed by atoms with E-state index in [-0.39, 0.29) is 5.82 Å². The largest absolute Gasteiger partial charge is 0.497 e. The van der Waals surface area contributed by atoms with E-state index in [1.807, 2.05) is 48.5 Å². The van der Waals surface area contributed by atoms with Crippen molar-refractivity contribution in [3.8, 4) is 17.3 Å². The summed E-state index contributed by atoms with van der Waals surface area (Å²) in [6, 6.07) is 16.5. The maximum atomic E-state index is 11.2. The van der Waals surface area contributed by atoms with Crippen molar-refractivity contribution >= 4 is 16.9 Å². The molecule has 0 aliphatic heterocycles. The normalized spacial score (nSPS) is 11.0. The highest BCUT2D eigenvalue weighted by Gasteiger charge is 2.22. The van der Waals surface area contributed by atoms with Gasteiger partial charge in [-0.25, -0.2) is 4.98 Å². The van der Waals surface area contributed by atoms with Crippen LogP contribution in [0.25, 0.3) is 22.6 Å². The predicted octanol–water partition coefficient (Wildman–Crippen LogP) is 3.39. The van der Waals surface area contributed by atoms with E-state index in [0.29, 0.717) is 18.1 Å². The van der Waals surface area contributed by atoms with Crippen molar-refractivity contribution in [1.82, 2.24) is 19.7 Å². The molecule has 2 heterocycles. The number of imidazole rings is 1. The minimum Gasteiger partial charge on any atom is -0.497 e. The molecule has 0 aliphatic rings. The molecule has 0 fully saturated rings. The van der Waals surface area contributed by atoms with E-state index in [2.05, 4.69) is 15.1 Å². The lowest BCUT2D eigenvalue weighted by Gasteiger charge is -2.03. The molecule has 4 aromatic rings. The molecule has 0 aliphatic carbocycles. The highest BCUT2D eigenvalue weighted by atomic mass is 16.6. The second kappa shape index (κ2) is 6.32. The van der Waals surface area contributed by atoms with Crippen LogP contribution < -0.4 is 4.74 Å². The van der Waals surface area contributed by atoms with Gasteiger partial charge in [-0.2, -0.15) is 4.68 Å². The number of H-pyrrole nitrogens is 1. The number of para-hydroxylation sites is 2. The second-order valence-corrected chi connectivity index (χ2v) is 5.75. The molecule has 2 aromatic heterocycles. The molecule has 26 heavy (non-hydrogen) atoms. The van der Waals surface area contributed by atoms with Gasteiger partial charge in [-0.1, -0.05) is 24.3 Å². The Morgan fingerprint density at radius 3 is 2.65 bits per heavy atom. The fraction of sp³-hybridized carbons (Fsp3) is 0.111. The van der Waals surface area contributed by atoms with Crippen LogP contribution in [0.1, 0.15) is 5.56 Å². The minimum absolute atomic E-state index is 0.214. The number of aromatic amines is 1. The molecule has 0 radical (unpaired) electrons. The van der Waals surface area contributed by atoms with Crippen molar-refractivity contribution in [2.45, 2.75) is 6.54 Å². The second-order valence-electron chi connectivity index (χ2n) is 5.75. The fourth-order valence-electron chi connectivity index (χ4n) is 2.78. The van der Waals surface area contributed by atoms with E-state index < -0.39 is 4.92 Å². The van der Waals surface area contributed by atoms with E-state index in [0.717, 1.165) is 22.3 Å². The van der Waals surface area contributed by atoms with Crippen LogP contribution in [0.3, 0.4) is 0 Å². The van der Waals surface area contributed by atoms with Gasteiger partial charge in [-0.05, 0) is 34.8 Å². The lowest BCUT2D eigenvalue weighted by atomic mass is 10.2. The van der Waals surface area contributed by atoms with Crippen molar-refractivity contribution < 1.29 is 9.66 Å². The van der Waals surface area contributed by atoms with Gasteiger partial charge in [0.2, 0.25) is 0 Å². The number of nitrogens with zero attached hydrogens (tertiary/aromatic N) is 4. The van der Waals surface area contributed by atoms with Crippen LogP contribution in [0.15, 0.2) is 54.6 Å². The summed E-state index contributed by atoms with van der Waals surface area (Å²) in [5, 5.41) is 15.3. The summed E-state index contributed by atoms with van der Waals surface area (Å²) < 4.78 is 6.74. The smallest absolute Gasteiger partial charge is 0.390 e. The molecule has 0 amide bonds. The number of hydrogen-bond donors (Lipinski definition) is 1. The quantitative estimate of drug-likeness (QED) is 0.440. The first-order valence-corrected chi connectivity index (χ1v) is 7.94. The molecule has 4 rings (SSSR count). The number of nitrogens with one attached hydrogen (secondary N) is 1. The van der Waals surface area contributed by atoms with Gasteiger partial charge in [0.25, 0.3) is 0 Å². The first-order valence-electron chi connectivity index (χ1n) is 7.94.